The smallest absolute Gasteiger partial charge is 0.297 e. The van der Waals surface area contributed by atoms with Crippen molar-refractivity contribution in [2.75, 3.05) is 0 Å². The third-order valence-corrected chi connectivity index (χ3v) is 5.60. The van der Waals surface area contributed by atoms with Crippen molar-refractivity contribution in [2.24, 2.45) is 0 Å². The van der Waals surface area contributed by atoms with Crippen LogP contribution in [-0.4, -0.2) is 9.55 Å². The van der Waals surface area contributed by atoms with Gasteiger partial charge in [0.1, 0.15) is 5.15 Å². The van der Waals surface area contributed by atoms with Gasteiger partial charge in [0.25, 0.3) is 5.56 Å². The van der Waals surface area contributed by atoms with E-state index in [-0.39, 0.29) is 22.3 Å². The van der Waals surface area contributed by atoms with Gasteiger partial charge in [0.2, 0.25) is 0 Å². The summed E-state index contributed by atoms with van der Waals surface area (Å²) in [7, 11) is 0. The topological polar surface area (TPSA) is 54.9 Å². The van der Waals surface area contributed by atoms with Gasteiger partial charge in [-0.1, -0.05) is 45.2 Å². The summed E-state index contributed by atoms with van der Waals surface area (Å²) < 4.78 is 1.44. The molecule has 0 unspecified atom stereocenters. The van der Waals surface area contributed by atoms with Crippen molar-refractivity contribution in [2.45, 2.75) is 77.2 Å². The molecule has 0 radical (unpaired) electrons. The van der Waals surface area contributed by atoms with Gasteiger partial charge in [0, 0.05) is 0 Å². The molecule has 0 aromatic carbocycles. The van der Waals surface area contributed by atoms with Crippen LogP contribution in [0, 0.1) is 0 Å². The Morgan fingerprint density at radius 2 is 1.67 bits per heavy atom. The van der Waals surface area contributed by atoms with Crippen LogP contribution in [0.4, 0.5) is 0 Å². The van der Waals surface area contributed by atoms with Gasteiger partial charge in [0.15, 0.2) is 0 Å². The second-order valence-electron chi connectivity index (χ2n) is 6.06. The van der Waals surface area contributed by atoms with Gasteiger partial charge in [-0.15, -0.1) is 0 Å². The monoisotopic (exact) mass is 312 g/mol. The lowest BCUT2D eigenvalue weighted by molar-refractivity contribution is 0.231. The van der Waals surface area contributed by atoms with Crippen LogP contribution in [0.15, 0.2) is 9.59 Å². The van der Waals surface area contributed by atoms with E-state index < -0.39 is 5.54 Å². The molecule has 0 amide bonds. The van der Waals surface area contributed by atoms with Crippen molar-refractivity contribution in [1.82, 2.24) is 9.55 Å². The van der Waals surface area contributed by atoms with Crippen LogP contribution in [0.1, 0.15) is 77.2 Å². The quantitative estimate of drug-likeness (QED) is 0.841. The lowest BCUT2D eigenvalue weighted by Crippen LogP contribution is -2.50. The highest BCUT2D eigenvalue weighted by atomic mass is 35.5. The molecule has 0 saturated heterocycles. The number of aromatic amines is 1. The van der Waals surface area contributed by atoms with Gasteiger partial charge >= 0.3 is 5.69 Å². The summed E-state index contributed by atoms with van der Waals surface area (Å²) in [5.41, 5.74) is -0.352. The Labute approximate surface area is 130 Å². The van der Waals surface area contributed by atoms with E-state index in [0.29, 0.717) is 5.56 Å². The number of nitrogens with one attached hydrogen (secondary N) is 1. The van der Waals surface area contributed by atoms with Crippen LogP contribution in [-0.2, 0) is 5.54 Å². The van der Waals surface area contributed by atoms with Crippen LogP contribution in [0.2, 0.25) is 5.15 Å². The number of H-pyrrole nitrogens is 1. The fourth-order valence-corrected chi connectivity index (χ4v) is 4.06. The maximum absolute atomic E-state index is 13.0. The third kappa shape index (κ3) is 2.70. The Hall–Kier alpha value is -1.03. The highest BCUT2D eigenvalue weighted by Crippen LogP contribution is 2.35. The van der Waals surface area contributed by atoms with Gasteiger partial charge in [-0.3, -0.25) is 14.3 Å². The van der Waals surface area contributed by atoms with E-state index in [4.69, 9.17) is 11.6 Å². The highest BCUT2D eigenvalue weighted by Gasteiger charge is 2.33. The molecule has 4 nitrogen and oxygen atoms in total. The molecule has 0 atom stereocenters. The predicted molar refractivity (Wildman–Crippen MR) is 86.4 cm³/mol. The zero-order valence-corrected chi connectivity index (χ0v) is 13.9. The van der Waals surface area contributed by atoms with E-state index in [2.05, 4.69) is 4.98 Å². The minimum atomic E-state index is -0.414. The van der Waals surface area contributed by atoms with Crippen molar-refractivity contribution < 1.29 is 0 Å². The molecule has 0 spiro atoms. The van der Waals surface area contributed by atoms with Gasteiger partial charge in [-0.05, 0) is 38.0 Å². The van der Waals surface area contributed by atoms with Gasteiger partial charge in [-0.25, -0.2) is 4.79 Å². The number of rotatable bonds is 5. The molecule has 5 heteroatoms. The minimum absolute atomic E-state index is 0.179. The standard InChI is InChI=1S/C16H25ClN2O2/c1-4-16(5-2,6-3)19-14(20)12(11-9-7-8-10-11)13(17)18-15(19)21/h11H,4-10H2,1-3H3,(H,18,21). The van der Waals surface area contributed by atoms with Crippen molar-refractivity contribution in [3.63, 3.8) is 0 Å². The van der Waals surface area contributed by atoms with Crippen LogP contribution in [0.3, 0.4) is 0 Å². The maximum Gasteiger partial charge on any atom is 0.330 e. The summed E-state index contributed by atoms with van der Waals surface area (Å²) in [6.07, 6.45) is 6.50. The molecule has 1 heterocycles. The maximum atomic E-state index is 13.0. The van der Waals surface area contributed by atoms with E-state index in [1.165, 1.54) is 4.57 Å². The predicted octanol–water partition coefficient (Wildman–Crippen LogP) is 3.77. The van der Waals surface area contributed by atoms with Gasteiger partial charge in [0.05, 0.1) is 11.1 Å². The van der Waals surface area contributed by atoms with Crippen LogP contribution in [0.5, 0.6) is 0 Å². The first kappa shape index (κ1) is 16.3. The Balaban J connectivity index is 2.70. The molecule has 0 bridgehead atoms. The second-order valence-corrected chi connectivity index (χ2v) is 6.44. The van der Waals surface area contributed by atoms with Crippen LogP contribution < -0.4 is 11.2 Å². The van der Waals surface area contributed by atoms with Crippen LogP contribution in [0.25, 0.3) is 0 Å². The van der Waals surface area contributed by atoms with E-state index in [0.717, 1.165) is 44.9 Å². The van der Waals surface area contributed by atoms with Gasteiger partial charge < -0.3 is 0 Å². The first-order valence-electron chi connectivity index (χ1n) is 8.06. The summed E-state index contributed by atoms with van der Waals surface area (Å²) in [5, 5.41) is 0.241. The fraction of sp³-hybridized carbons (Fsp3) is 0.750. The fourth-order valence-electron chi connectivity index (χ4n) is 3.75. The number of halogens is 1. The molecule has 0 aliphatic heterocycles. The summed E-state index contributed by atoms with van der Waals surface area (Å²) in [6.45, 7) is 6.09. The number of hydrogen-bond acceptors (Lipinski definition) is 2. The number of hydrogen-bond donors (Lipinski definition) is 1. The first-order chi connectivity index (χ1) is 10.0. The summed E-state index contributed by atoms with van der Waals surface area (Å²) in [4.78, 5) is 28.1. The molecule has 2 rings (SSSR count). The van der Waals surface area contributed by atoms with Crippen molar-refractivity contribution in [3.8, 4) is 0 Å². The first-order valence-corrected chi connectivity index (χ1v) is 8.43. The molecular weight excluding hydrogens is 288 g/mol. The number of nitrogens with zero attached hydrogens (tertiary/aromatic N) is 1. The van der Waals surface area contributed by atoms with Crippen LogP contribution >= 0.6 is 11.6 Å². The van der Waals surface area contributed by atoms with E-state index in [1.807, 2.05) is 20.8 Å². The second kappa shape index (κ2) is 6.39. The normalized spacial score (nSPS) is 16.6. The molecule has 1 fully saturated rings. The molecule has 21 heavy (non-hydrogen) atoms. The Morgan fingerprint density at radius 3 is 2.14 bits per heavy atom. The number of aromatic nitrogens is 2. The zero-order chi connectivity index (χ0) is 15.6. The SMILES string of the molecule is CCC(CC)(CC)n1c(=O)[nH]c(Cl)c(C2CCCC2)c1=O. The van der Waals surface area contributed by atoms with Gasteiger partial charge in [-0.2, -0.15) is 0 Å². The molecule has 1 saturated carbocycles. The summed E-state index contributed by atoms with van der Waals surface area (Å²) in [5.74, 6) is 0.191. The average Bonchev–Trinajstić information content (AvgIpc) is 2.97. The Bertz CT molecular complexity index is 599. The lowest BCUT2D eigenvalue weighted by Gasteiger charge is -2.32. The minimum Gasteiger partial charge on any atom is -0.297 e. The average molecular weight is 313 g/mol. The summed E-state index contributed by atoms with van der Waals surface area (Å²) in [6, 6.07) is 0. The lowest BCUT2D eigenvalue weighted by atomic mass is 9.89. The van der Waals surface area contributed by atoms with E-state index in [9.17, 15) is 9.59 Å². The van der Waals surface area contributed by atoms with E-state index >= 15 is 0 Å². The van der Waals surface area contributed by atoms with Crippen molar-refractivity contribution >= 4 is 11.6 Å². The molecule has 1 aliphatic rings. The van der Waals surface area contributed by atoms with E-state index in [1.54, 1.807) is 0 Å². The summed E-state index contributed by atoms with van der Waals surface area (Å²) >= 11 is 6.20. The van der Waals surface area contributed by atoms with Crippen molar-refractivity contribution in [1.29, 1.82) is 0 Å². The zero-order valence-electron chi connectivity index (χ0n) is 13.2. The Kier molecular flexibility index (Phi) is 4.97. The molecule has 1 aromatic rings. The Morgan fingerprint density at radius 1 is 1.14 bits per heavy atom. The molecule has 118 valence electrons. The largest absolute Gasteiger partial charge is 0.330 e. The highest BCUT2D eigenvalue weighted by molar-refractivity contribution is 6.30. The van der Waals surface area contributed by atoms with Crippen molar-refractivity contribution in [3.05, 3.63) is 31.6 Å². The molecule has 1 aromatic heterocycles. The molecule has 1 aliphatic carbocycles. The molecule has 1 N–H and O–H groups in total. The third-order valence-electron chi connectivity index (χ3n) is 5.30. The molecular formula is C16H25ClN2O2.